The van der Waals surface area contributed by atoms with Gasteiger partial charge >= 0.3 is 0 Å². The summed E-state index contributed by atoms with van der Waals surface area (Å²) in [5.41, 5.74) is 2.73. The molecule has 1 atom stereocenters. The van der Waals surface area contributed by atoms with E-state index in [4.69, 9.17) is 0 Å². The molecule has 3 aromatic rings. The van der Waals surface area contributed by atoms with Crippen LogP contribution in [0.3, 0.4) is 0 Å². The first kappa shape index (κ1) is 11.7. The Kier molecular flexibility index (Phi) is 3.16. The molecule has 0 bridgehead atoms. The standard InChI is InChI=1S/C13H14N6/c1-9(13-16-8-17-19-13)14-6-10-7-15-11-4-2-3-5-12(11)18-10/h2-5,7-9,14H,6H2,1H3,(H,16,17,19). The van der Waals surface area contributed by atoms with Gasteiger partial charge in [0.25, 0.3) is 0 Å². The number of benzene rings is 1. The van der Waals surface area contributed by atoms with E-state index >= 15 is 0 Å². The Balaban J connectivity index is 1.71. The zero-order chi connectivity index (χ0) is 13.1. The molecule has 0 aliphatic rings. The Morgan fingerprint density at radius 2 is 2.05 bits per heavy atom. The summed E-state index contributed by atoms with van der Waals surface area (Å²) in [5, 5.41) is 10.0. The molecule has 2 N–H and O–H groups in total. The minimum Gasteiger partial charge on any atom is -0.302 e. The Labute approximate surface area is 110 Å². The lowest BCUT2D eigenvalue weighted by Gasteiger charge is -2.10. The predicted molar refractivity (Wildman–Crippen MR) is 71.2 cm³/mol. The summed E-state index contributed by atoms with van der Waals surface area (Å²) in [7, 11) is 0. The summed E-state index contributed by atoms with van der Waals surface area (Å²) in [6.07, 6.45) is 3.30. The molecule has 0 fully saturated rings. The van der Waals surface area contributed by atoms with Crippen LogP contribution in [-0.4, -0.2) is 25.1 Å². The molecule has 0 aliphatic carbocycles. The molecule has 96 valence electrons. The zero-order valence-electron chi connectivity index (χ0n) is 10.5. The molecule has 0 saturated heterocycles. The van der Waals surface area contributed by atoms with E-state index in [0.29, 0.717) is 6.54 Å². The third-order valence-electron chi connectivity index (χ3n) is 2.93. The maximum atomic E-state index is 4.56. The minimum atomic E-state index is 0.0933. The molecule has 0 aliphatic heterocycles. The van der Waals surface area contributed by atoms with Crippen molar-refractivity contribution in [3.05, 3.63) is 48.3 Å². The van der Waals surface area contributed by atoms with Crippen LogP contribution in [0.4, 0.5) is 0 Å². The number of fused-ring (bicyclic) bond motifs is 1. The molecule has 3 rings (SSSR count). The summed E-state index contributed by atoms with van der Waals surface area (Å²) in [6, 6.07) is 7.94. The molecule has 0 saturated carbocycles. The molecule has 2 heterocycles. The summed E-state index contributed by atoms with van der Waals surface area (Å²) in [5.74, 6) is 0.814. The number of rotatable bonds is 4. The molecule has 1 aromatic carbocycles. The third kappa shape index (κ3) is 2.58. The van der Waals surface area contributed by atoms with Gasteiger partial charge in [0.2, 0.25) is 0 Å². The molecular formula is C13H14N6. The van der Waals surface area contributed by atoms with Crippen LogP contribution < -0.4 is 5.32 Å². The first-order valence-corrected chi connectivity index (χ1v) is 6.12. The van der Waals surface area contributed by atoms with E-state index < -0.39 is 0 Å². The van der Waals surface area contributed by atoms with E-state index in [0.717, 1.165) is 22.6 Å². The largest absolute Gasteiger partial charge is 0.302 e. The van der Waals surface area contributed by atoms with E-state index in [9.17, 15) is 0 Å². The van der Waals surface area contributed by atoms with Crippen LogP contribution in [0.1, 0.15) is 24.5 Å². The quantitative estimate of drug-likeness (QED) is 0.739. The Morgan fingerprint density at radius 3 is 2.84 bits per heavy atom. The van der Waals surface area contributed by atoms with Crippen molar-refractivity contribution >= 4 is 11.0 Å². The van der Waals surface area contributed by atoms with Gasteiger partial charge in [0.05, 0.1) is 29.0 Å². The highest BCUT2D eigenvalue weighted by Gasteiger charge is 2.08. The number of aromatic amines is 1. The van der Waals surface area contributed by atoms with Crippen molar-refractivity contribution in [3.63, 3.8) is 0 Å². The SMILES string of the molecule is CC(NCc1cnc2ccccc2n1)c1ncn[nH]1. The van der Waals surface area contributed by atoms with Crippen LogP contribution in [0.2, 0.25) is 0 Å². The second kappa shape index (κ2) is 5.11. The van der Waals surface area contributed by atoms with Gasteiger partial charge in [0.1, 0.15) is 12.2 Å². The molecule has 1 unspecified atom stereocenters. The molecular weight excluding hydrogens is 240 g/mol. The zero-order valence-corrected chi connectivity index (χ0v) is 10.5. The normalized spacial score (nSPS) is 12.7. The monoisotopic (exact) mass is 254 g/mol. The fraction of sp³-hybridized carbons (Fsp3) is 0.231. The molecule has 0 radical (unpaired) electrons. The van der Waals surface area contributed by atoms with Crippen molar-refractivity contribution in [2.24, 2.45) is 0 Å². The number of aromatic nitrogens is 5. The summed E-state index contributed by atoms with van der Waals surface area (Å²) in [4.78, 5) is 13.1. The van der Waals surface area contributed by atoms with E-state index in [1.807, 2.05) is 31.2 Å². The highest BCUT2D eigenvalue weighted by atomic mass is 15.2. The second-order valence-electron chi connectivity index (χ2n) is 4.32. The minimum absolute atomic E-state index is 0.0933. The lowest BCUT2D eigenvalue weighted by molar-refractivity contribution is 0.542. The van der Waals surface area contributed by atoms with Crippen LogP contribution in [0.5, 0.6) is 0 Å². The van der Waals surface area contributed by atoms with Crippen molar-refractivity contribution in [2.45, 2.75) is 19.5 Å². The predicted octanol–water partition coefficient (Wildman–Crippen LogP) is 1.60. The van der Waals surface area contributed by atoms with Crippen molar-refractivity contribution in [3.8, 4) is 0 Å². The van der Waals surface area contributed by atoms with Gasteiger partial charge < -0.3 is 5.32 Å². The molecule has 2 aromatic heterocycles. The fourth-order valence-electron chi connectivity index (χ4n) is 1.86. The van der Waals surface area contributed by atoms with Crippen molar-refractivity contribution in [1.82, 2.24) is 30.5 Å². The van der Waals surface area contributed by atoms with Crippen LogP contribution >= 0.6 is 0 Å². The summed E-state index contributed by atoms with van der Waals surface area (Å²) in [6.45, 7) is 2.66. The van der Waals surface area contributed by atoms with E-state index in [1.165, 1.54) is 6.33 Å². The Morgan fingerprint density at radius 1 is 1.21 bits per heavy atom. The van der Waals surface area contributed by atoms with Gasteiger partial charge in [-0.25, -0.2) is 9.97 Å². The highest BCUT2D eigenvalue weighted by molar-refractivity contribution is 5.73. The smallest absolute Gasteiger partial charge is 0.141 e. The molecule has 19 heavy (non-hydrogen) atoms. The van der Waals surface area contributed by atoms with Gasteiger partial charge in [-0.1, -0.05) is 12.1 Å². The van der Waals surface area contributed by atoms with Crippen LogP contribution in [0.25, 0.3) is 11.0 Å². The third-order valence-corrected chi connectivity index (χ3v) is 2.93. The van der Waals surface area contributed by atoms with Gasteiger partial charge in [-0.15, -0.1) is 0 Å². The molecule has 0 amide bonds. The topological polar surface area (TPSA) is 79.4 Å². The fourth-order valence-corrected chi connectivity index (χ4v) is 1.86. The second-order valence-corrected chi connectivity index (χ2v) is 4.32. The number of para-hydroxylation sites is 2. The van der Waals surface area contributed by atoms with Crippen LogP contribution in [-0.2, 0) is 6.54 Å². The van der Waals surface area contributed by atoms with Crippen molar-refractivity contribution in [2.75, 3.05) is 0 Å². The van der Waals surface area contributed by atoms with Gasteiger partial charge in [-0.2, -0.15) is 5.10 Å². The Bertz CT molecular complexity index is 664. The average molecular weight is 254 g/mol. The van der Waals surface area contributed by atoms with Crippen molar-refractivity contribution < 1.29 is 0 Å². The van der Waals surface area contributed by atoms with Crippen LogP contribution in [0.15, 0.2) is 36.8 Å². The number of nitrogens with zero attached hydrogens (tertiary/aromatic N) is 4. The maximum absolute atomic E-state index is 4.56. The van der Waals surface area contributed by atoms with Crippen LogP contribution in [0, 0.1) is 0 Å². The lowest BCUT2D eigenvalue weighted by Crippen LogP contribution is -2.20. The number of H-pyrrole nitrogens is 1. The first-order valence-electron chi connectivity index (χ1n) is 6.12. The van der Waals surface area contributed by atoms with E-state index in [2.05, 4.69) is 30.5 Å². The van der Waals surface area contributed by atoms with Gasteiger partial charge in [0.15, 0.2) is 0 Å². The van der Waals surface area contributed by atoms with Gasteiger partial charge in [-0.3, -0.25) is 10.1 Å². The average Bonchev–Trinajstić information content (AvgIpc) is 2.99. The lowest BCUT2D eigenvalue weighted by atomic mass is 10.3. The molecule has 6 heteroatoms. The summed E-state index contributed by atoms with van der Waals surface area (Å²) < 4.78 is 0. The van der Waals surface area contributed by atoms with Gasteiger partial charge in [-0.05, 0) is 19.1 Å². The van der Waals surface area contributed by atoms with Gasteiger partial charge in [0, 0.05) is 6.54 Å². The number of hydrogen-bond acceptors (Lipinski definition) is 5. The first-order chi connectivity index (χ1) is 9.33. The van der Waals surface area contributed by atoms with E-state index in [1.54, 1.807) is 6.20 Å². The number of nitrogens with one attached hydrogen (secondary N) is 2. The highest BCUT2D eigenvalue weighted by Crippen LogP contribution is 2.10. The molecule has 6 nitrogen and oxygen atoms in total. The number of hydrogen-bond donors (Lipinski definition) is 2. The summed E-state index contributed by atoms with van der Waals surface area (Å²) >= 11 is 0. The van der Waals surface area contributed by atoms with E-state index in [-0.39, 0.29) is 6.04 Å². The molecule has 0 spiro atoms. The van der Waals surface area contributed by atoms with Crippen molar-refractivity contribution in [1.29, 1.82) is 0 Å². The Hall–Kier alpha value is -2.34. The maximum Gasteiger partial charge on any atom is 0.141 e.